The Morgan fingerprint density at radius 3 is 2.35 bits per heavy atom. The summed E-state index contributed by atoms with van der Waals surface area (Å²) in [6.07, 6.45) is 3.15. The molecule has 4 heteroatoms. The first-order valence-electron chi connectivity index (χ1n) is 6.61. The van der Waals surface area contributed by atoms with Gasteiger partial charge in [0.15, 0.2) is 0 Å². The van der Waals surface area contributed by atoms with Crippen molar-refractivity contribution in [2.45, 2.75) is 45.6 Å². The van der Waals surface area contributed by atoms with Crippen molar-refractivity contribution in [1.29, 1.82) is 0 Å². The van der Waals surface area contributed by atoms with Gasteiger partial charge in [-0.1, -0.05) is 26.7 Å². The van der Waals surface area contributed by atoms with Crippen LogP contribution in [0.4, 0.5) is 0 Å². The molecule has 1 amide bonds. The quantitative estimate of drug-likeness (QED) is 0.600. The van der Waals surface area contributed by atoms with Gasteiger partial charge in [-0.05, 0) is 18.9 Å². The molecule has 4 nitrogen and oxygen atoms in total. The molecule has 0 aromatic heterocycles. The van der Waals surface area contributed by atoms with E-state index < -0.39 is 0 Å². The number of nitrogens with zero attached hydrogens (tertiary/aromatic N) is 1. The molecule has 1 atom stereocenters. The van der Waals surface area contributed by atoms with Crippen LogP contribution in [0.3, 0.4) is 0 Å². The van der Waals surface area contributed by atoms with Gasteiger partial charge in [-0.25, -0.2) is 0 Å². The zero-order valence-corrected chi connectivity index (χ0v) is 11.7. The molecule has 17 heavy (non-hydrogen) atoms. The Balaban J connectivity index is 3.54. The minimum Gasteiger partial charge on any atom is -0.392 e. The molecule has 0 fully saturated rings. The van der Waals surface area contributed by atoms with Crippen molar-refractivity contribution in [3.8, 4) is 0 Å². The number of nitrogens with one attached hydrogen (secondary N) is 1. The van der Waals surface area contributed by atoms with Gasteiger partial charge in [-0.15, -0.1) is 0 Å². The predicted molar refractivity (Wildman–Crippen MR) is 70.9 cm³/mol. The smallest absolute Gasteiger partial charge is 0.222 e. The monoisotopic (exact) mass is 244 g/mol. The summed E-state index contributed by atoms with van der Waals surface area (Å²) in [6.45, 7) is 5.62. The van der Waals surface area contributed by atoms with E-state index in [1.165, 1.54) is 0 Å². The van der Waals surface area contributed by atoms with E-state index in [9.17, 15) is 9.90 Å². The first-order valence-corrected chi connectivity index (χ1v) is 6.61. The van der Waals surface area contributed by atoms with Crippen LogP contribution in [0.25, 0.3) is 0 Å². The number of carbonyl (C=O) groups excluding carboxylic acids is 1. The largest absolute Gasteiger partial charge is 0.392 e. The van der Waals surface area contributed by atoms with E-state index >= 15 is 0 Å². The molecule has 0 spiro atoms. The second-order valence-corrected chi connectivity index (χ2v) is 4.74. The lowest BCUT2D eigenvalue weighted by molar-refractivity contribution is -0.128. The second kappa shape index (κ2) is 9.42. The first kappa shape index (κ1) is 16.4. The molecule has 1 unspecified atom stereocenters. The van der Waals surface area contributed by atoms with Crippen molar-refractivity contribution < 1.29 is 9.90 Å². The third-order valence-electron chi connectivity index (χ3n) is 3.19. The van der Waals surface area contributed by atoms with E-state index in [0.29, 0.717) is 18.9 Å². The highest BCUT2D eigenvalue weighted by molar-refractivity contribution is 5.75. The van der Waals surface area contributed by atoms with E-state index in [0.717, 1.165) is 25.8 Å². The second-order valence-electron chi connectivity index (χ2n) is 4.74. The predicted octanol–water partition coefficient (Wildman–Crippen LogP) is 1.24. The number of aliphatic hydroxyl groups is 1. The molecule has 2 N–H and O–H groups in total. The van der Waals surface area contributed by atoms with Gasteiger partial charge in [0.25, 0.3) is 0 Å². The van der Waals surface area contributed by atoms with E-state index in [2.05, 4.69) is 19.2 Å². The van der Waals surface area contributed by atoms with Crippen LogP contribution in [-0.2, 0) is 4.79 Å². The molecule has 0 rings (SSSR count). The zero-order chi connectivity index (χ0) is 13.3. The van der Waals surface area contributed by atoms with Crippen molar-refractivity contribution in [1.82, 2.24) is 10.2 Å². The molecule has 0 aliphatic rings. The van der Waals surface area contributed by atoms with Crippen LogP contribution < -0.4 is 5.32 Å². The molecule has 0 radical (unpaired) electrons. The molecule has 0 aromatic rings. The molecule has 0 aromatic carbocycles. The van der Waals surface area contributed by atoms with Gasteiger partial charge in [0.2, 0.25) is 5.91 Å². The van der Waals surface area contributed by atoms with Gasteiger partial charge in [-0.3, -0.25) is 4.79 Å². The normalized spacial score (nSPS) is 12.8. The Morgan fingerprint density at radius 2 is 1.88 bits per heavy atom. The lowest BCUT2D eigenvalue weighted by Gasteiger charge is -2.20. The lowest BCUT2D eigenvalue weighted by Crippen LogP contribution is -2.33. The summed E-state index contributed by atoms with van der Waals surface area (Å²) in [4.78, 5) is 12.9. The highest BCUT2D eigenvalue weighted by Crippen LogP contribution is 2.12. The van der Waals surface area contributed by atoms with Crippen LogP contribution in [0.1, 0.15) is 39.5 Å². The van der Waals surface area contributed by atoms with Crippen molar-refractivity contribution in [2.24, 2.45) is 5.92 Å². The zero-order valence-electron chi connectivity index (χ0n) is 11.7. The summed E-state index contributed by atoms with van der Waals surface area (Å²) in [7, 11) is 3.54. The van der Waals surface area contributed by atoms with Crippen LogP contribution in [0, 0.1) is 5.92 Å². The molecular formula is C13H28N2O2. The van der Waals surface area contributed by atoms with Crippen molar-refractivity contribution in [3.05, 3.63) is 0 Å². The average Bonchev–Trinajstić information content (AvgIpc) is 2.29. The highest BCUT2D eigenvalue weighted by atomic mass is 16.3. The average molecular weight is 244 g/mol. The fourth-order valence-corrected chi connectivity index (χ4v) is 1.84. The molecule has 102 valence electrons. The van der Waals surface area contributed by atoms with Crippen molar-refractivity contribution in [2.75, 3.05) is 27.2 Å². The van der Waals surface area contributed by atoms with Gasteiger partial charge in [0.1, 0.15) is 0 Å². The maximum Gasteiger partial charge on any atom is 0.222 e. The maximum atomic E-state index is 11.3. The number of rotatable bonds is 9. The summed E-state index contributed by atoms with van der Waals surface area (Å²) in [5.41, 5.74) is 0. The third kappa shape index (κ3) is 7.34. The SMILES string of the molecule is CCC(CC)C(O)CNCCCC(=O)N(C)C. The Labute approximate surface area is 105 Å². The van der Waals surface area contributed by atoms with Gasteiger partial charge < -0.3 is 15.3 Å². The van der Waals surface area contributed by atoms with Crippen LogP contribution in [0.5, 0.6) is 0 Å². The molecule has 0 saturated carbocycles. The maximum absolute atomic E-state index is 11.3. The van der Waals surface area contributed by atoms with E-state index in [1.807, 2.05) is 0 Å². The van der Waals surface area contributed by atoms with Gasteiger partial charge in [0.05, 0.1) is 6.10 Å². The number of carbonyl (C=O) groups is 1. The highest BCUT2D eigenvalue weighted by Gasteiger charge is 2.14. The first-order chi connectivity index (χ1) is 8.02. The summed E-state index contributed by atoms with van der Waals surface area (Å²) in [5, 5.41) is 13.1. The van der Waals surface area contributed by atoms with Crippen molar-refractivity contribution >= 4 is 5.91 Å². The Kier molecular flexibility index (Phi) is 9.09. The number of hydrogen-bond donors (Lipinski definition) is 2. The third-order valence-corrected chi connectivity index (χ3v) is 3.19. The Hall–Kier alpha value is -0.610. The summed E-state index contributed by atoms with van der Waals surface area (Å²) in [6, 6.07) is 0. The van der Waals surface area contributed by atoms with Gasteiger partial charge >= 0.3 is 0 Å². The summed E-state index contributed by atoms with van der Waals surface area (Å²) >= 11 is 0. The van der Waals surface area contributed by atoms with E-state index in [4.69, 9.17) is 0 Å². The molecule has 0 aliphatic heterocycles. The van der Waals surface area contributed by atoms with Crippen LogP contribution in [-0.4, -0.2) is 49.2 Å². The topological polar surface area (TPSA) is 52.6 Å². The Morgan fingerprint density at radius 1 is 1.29 bits per heavy atom. The fourth-order valence-electron chi connectivity index (χ4n) is 1.84. The lowest BCUT2D eigenvalue weighted by atomic mass is 9.96. The van der Waals surface area contributed by atoms with Gasteiger partial charge in [0, 0.05) is 27.1 Å². The van der Waals surface area contributed by atoms with Crippen molar-refractivity contribution in [3.63, 3.8) is 0 Å². The number of hydrogen-bond acceptors (Lipinski definition) is 3. The number of amides is 1. The molecule has 0 heterocycles. The summed E-state index contributed by atoms with van der Waals surface area (Å²) < 4.78 is 0. The van der Waals surface area contributed by atoms with Crippen LogP contribution in [0.2, 0.25) is 0 Å². The van der Waals surface area contributed by atoms with E-state index in [-0.39, 0.29) is 12.0 Å². The molecule has 0 bridgehead atoms. The van der Waals surface area contributed by atoms with Crippen LogP contribution >= 0.6 is 0 Å². The van der Waals surface area contributed by atoms with Crippen LogP contribution in [0.15, 0.2) is 0 Å². The molecular weight excluding hydrogens is 216 g/mol. The van der Waals surface area contributed by atoms with Gasteiger partial charge in [-0.2, -0.15) is 0 Å². The molecule has 0 aliphatic carbocycles. The summed E-state index contributed by atoms with van der Waals surface area (Å²) in [5.74, 6) is 0.540. The minimum absolute atomic E-state index is 0.160. The fraction of sp³-hybridized carbons (Fsp3) is 0.923. The molecule has 0 saturated heterocycles. The standard InChI is InChI=1S/C13H28N2O2/c1-5-11(6-2)12(16)10-14-9-7-8-13(17)15(3)4/h11-12,14,16H,5-10H2,1-4H3. The number of aliphatic hydroxyl groups excluding tert-OH is 1. The van der Waals surface area contributed by atoms with E-state index in [1.54, 1.807) is 19.0 Å². The Bertz CT molecular complexity index is 204. The minimum atomic E-state index is -0.269.